The molecule has 2 atom stereocenters. The number of rotatable bonds is 8. The highest BCUT2D eigenvalue weighted by Crippen LogP contribution is 2.39. The van der Waals surface area contributed by atoms with Crippen LogP contribution in [-0.4, -0.2) is 66.9 Å². The molecule has 1 aromatic rings. The van der Waals surface area contributed by atoms with Crippen molar-refractivity contribution in [3.63, 3.8) is 0 Å². The average molecular weight is 360 g/mol. The van der Waals surface area contributed by atoms with Crippen molar-refractivity contribution in [2.75, 3.05) is 48.1 Å². The molecule has 24 heavy (non-hydrogen) atoms. The molecule has 1 aliphatic rings. The van der Waals surface area contributed by atoms with Gasteiger partial charge in [-0.15, -0.1) is 0 Å². The van der Waals surface area contributed by atoms with Crippen LogP contribution in [0.25, 0.3) is 0 Å². The van der Waals surface area contributed by atoms with E-state index in [-0.39, 0.29) is 13.2 Å². The van der Waals surface area contributed by atoms with Gasteiger partial charge in [0.1, 0.15) is 16.7 Å². The van der Waals surface area contributed by atoms with E-state index in [1.165, 1.54) is 14.2 Å². The van der Waals surface area contributed by atoms with Gasteiger partial charge in [-0.05, 0) is 12.1 Å². The number of hydrogen-bond acceptors (Lipinski definition) is 7. The van der Waals surface area contributed by atoms with Gasteiger partial charge in [-0.2, -0.15) is 5.06 Å². The van der Waals surface area contributed by atoms with Crippen LogP contribution in [-0.2, 0) is 19.6 Å². The molecule has 0 aromatic heterocycles. The minimum atomic E-state index is -3.59. The van der Waals surface area contributed by atoms with Crippen LogP contribution in [0, 0.1) is 0 Å². The molecule has 2 rings (SSSR count). The van der Waals surface area contributed by atoms with Gasteiger partial charge in [0, 0.05) is 32.3 Å². The zero-order valence-corrected chi connectivity index (χ0v) is 15.1. The molecule has 1 fully saturated rings. The van der Waals surface area contributed by atoms with Gasteiger partial charge in [0.25, 0.3) is 0 Å². The van der Waals surface area contributed by atoms with Crippen LogP contribution in [0.3, 0.4) is 0 Å². The van der Waals surface area contributed by atoms with Crippen LogP contribution in [0.2, 0.25) is 0 Å². The summed E-state index contributed by atoms with van der Waals surface area (Å²) in [5, 5.41) is 0.784. The van der Waals surface area contributed by atoms with Gasteiger partial charge in [-0.25, -0.2) is 13.1 Å². The summed E-state index contributed by atoms with van der Waals surface area (Å²) in [5.41, 5.74) is 0.723. The molecule has 0 radical (unpaired) electrons. The maximum Gasteiger partial charge on any atom is 0.218 e. The molecular weight excluding hydrogens is 336 g/mol. The normalized spacial score (nSPS) is 21.8. The van der Waals surface area contributed by atoms with Gasteiger partial charge in [-0.1, -0.05) is 0 Å². The maximum absolute atomic E-state index is 12.6. The number of hydrogen-bond donors (Lipinski definition) is 1. The second kappa shape index (κ2) is 8.13. The van der Waals surface area contributed by atoms with Crippen LogP contribution in [0.5, 0.6) is 11.5 Å². The number of nitrogens with zero attached hydrogens (tertiary/aromatic N) is 1. The predicted molar refractivity (Wildman–Crippen MR) is 88.6 cm³/mol. The fraction of sp³-hybridized carbons (Fsp3) is 0.600. The summed E-state index contributed by atoms with van der Waals surface area (Å²) in [6, 6.07) is 4.80. The number of benzene rings is 1. The van der Waals surface area contributed by atoms with Crippen molar-refractivity contribution in [3.8, 4) is 11.5 Å². The van der Waals surface area contributed by atoms with Gasteiger partial charge < -0.3 is 14.2 Å². The predicted octanol–water partition coefficient (Wildman–Crippen LogP) is 0.556. The summed E-state index contributed by atoms with van der Waals surface area (Å²) < 4.78 is 43.3. The molecule has 1 saturated heterocycles. The monoisotopic (exact) mass is 360 g/mol. The zero-order valence-electron chi connectivity index (χ0n) is 14.3. The Labute approximate surface area is 142 Å². The number of methoxy groups -OCH3 is 3. The molecule has 0 bridgehead atoms. The Morgan fingerprint density at radius 2 is 2.04 bits per heavy atom. The molecule has 0 aliphatic carbocycles. The molecule has 9 heteroatoms. The summed E-state index contributed by atoms with van der Waals surface area (Å²) in [4.78, 5) is 5.48. The van der Waals surface area contributed by atoms with E-state index in [0.29, 0.717) is 18.1 Å². The van der Waals surface area contributed by atoms with Crippen molar-refractivity contribution in [1.29, 1.82) is 0 Å². The number of hydroxylamine groups is 2. The van der Waals surface area contributed by atoms with Crippen molar-refractivity contribution in [3.05, 3.63) is 23.8 Å². The Morgan fingerprint density at radius 3 is 2.67 bits per heavy atom. The van der Waals surface area contributed by atoms with E-state index in [1.54, 1.807) is 37.4 Å². The first-order valence-electron chi connectivity index (χ1n) is 7.49. The zero-order chi connectivity index (χ0) is 17.7. The quantitative estimate of drug-likeness (QED) is 0.678. The molecule has 1 aliphatic heterocycles. The Balaban J connectivity index is 2.32. The lowest BCUT2D eigenvalue weighted by Gasteiger charge is -2.25. The van der Waals surface area contributed by atoms with Crippen LogP contribution in [0.1, 0.15) is 11.6 Å². The molecule has 136 valence electrons. The van der Waals surface area contributed by atoms with Gasteiger partial charge in [0.15, 0.2) is 0 Å². The number of ether oxygens (including phenoxy) is 3. The third-order valence-electron chi connectivity index (χ3n) is 3.95. The SMILES string of the molecule is COCCNS(=O)(=O)C1CON(C)C1c1ccc(OC)cc1OC. The summed E-state index contributed by atoms with van der Waals surface area (Å²) in [7, 11) is 2.74. The average Bonchev–Trinajstić information content (AvgIpc) is 2.96. The third kappa shape index (κ3) is 3.98. The lowest BCUT2D eigenvalue weighted by Crippen LogP contribution is -2.40. The Hall–Kier alpha value is -1.39. The van der Waals surface area contributed by atoms with E-state index in [4.69, 9.17) is 19.0 Å². The lowest BCUT2D eigenvalue weighted by molar-refractivity contribution is -0.110. The van der Waals surface area contributed by atoms with Crippen molar-refractivity contribution in [2.45, 2.75) is 11.3 Å². The highest BCUT2D eigenvalue weighted by Gasteiger charge is 2.44. The topological polar surface area (TPSA) is 86.3 Å². The minimum absolute atomic E-state index is 0.0681. The van der Waals surface area contributed by atoms with E-state index in [0.717, 1.165) is 5.56 Å². The molecule has 8 nitrogen and oxygen atoms in total. The minimum Gasteiger partial charge on any atom is -0.497 e. The van der Waals surface area contributed by atoms with Crippen LogP contribution in [0.4, 0.5) is 0 Å². The van der Waals surface area contributed by atoms with Crippen molar-refractivity contribution >= 4 is 10.0 Å². The summed E-state index contributed by atoms with van der Waals surface area (Å²) >= 11 is 0. The number of nitrogens with one attached hydrogen (secondary N) is 1. The standard InChI is InChI=1S/C15H24N2O6S/c1-17-15(12-6-5-11(21-3)9-13(12)22-4)14(10-23-17)24(18,19)16-7-8-20-2/h5-6,9,14-16H,7-8,10H2,1-4H3. The molecule has 0 saturated carbocycles. The summed E-state index contributed by atoms with van der Waals surface area (Å²) in [6.45, 7) is 0.587. The second-order valence-electron chi connectivity index (χ2n) is 5.37. The summed E-state index contributed by atoms with van der Waals surface area (Å²) in [5.74, 6) is 1.18. The molecule has 1 aromatic carbocycles. The first-order valence-corrected chi connectivity index (χ1v) is 9.04. The van der Waals surface area contributed by atoms with E-state index in [2.05, 4.69) is 4.72 Å². The first-order chi connectivity index (χ1) is 11.4. The third-order valence-corrected chi connectivity index (χ3v) is 5.75. The Morgan fingerprint density at radius 1 is 1.29 bits per heavy atom. The van der Waals surface area contributed by atoms with E-state index in [1.807, 2.05) is 0 Å². The highest BCUT2D eigenvalue weighted by molar-refractivity contribution is 7.90. The van der Waals surface area contributed by atoms with Gasteiger partial charge >= 0.3 is 0 Å². The van der Waals surface area contributed by atoms with Gasteiger partial charge in [0.05, 0.1) is 33.5 Å². The number of sulfonamides is 1. The van der Waals surface area contributed by atoms with Gasteiger partial charge in [-0.3, -0.25) is 4.84 Å². The van der Waals surface area contributed by atoms with Crippen LogP contribution in [0.15, 0.2) is 18.2 Å². The van der Waals surface area contributed by atoms with E-state index >= 15 is 0 Å². The molecule has 0 amide bonds. The smallest absolute Gasteiger partial charge is 0.218 e. The maximum atomic E-state index is 12.6. The van der Waals surface area contributed by atoms with Gasteiger partial charge in [0.2, 0.25) is 10.0 Å². The molecule has 1 N–H and O–H groups in total. The highest BCUT2D eigenvalue weighted by atomic mass is 32.2. The van der Waals surface area contributed by atoms with Crippen LogP contribution < -0.4 is 14.2 Å². The Kier molecular flexibility index (Phi) is 6.41. The molecular formula is C15H24N2O6S. The van der Waals surface area contributed by atoms with Crippen molar-refractivity contribution in [1.82, 2.24) is 9.79 Å². The fourth-order valence-electron chi connectivity index (χ4n) is 2.71. The van der Waals surface area contributed by atoms with Crippen molar-refractivity contribution < 1.29 is 27.5 Å². The fourth-order valence-corrected chi connectivity index (χ4v) is 4.19. The molecule has 1 heterocycles. The first kappa shape index (κ1) is 18.9. The van der Waals surface area contributed by atoms with E-state index < -0.39 is 21.3 Å². The Bertz CT molecular complexity index is 651. The van der Waals surface area contributed by atoms with Crippen molar-refractivity contribution in [2.24, 2.45) is 0 Å². The van der Waals surface area contributed by atoms with Crippen LogP contribution >= 0.6 is 0 Å². The molecule has 0 spiro atoms. The largest absolute Gasteiger partial charge is 0.497 e. The lowest BCUT2D eigenvalue weighted by atomic mass is 10.0. The summed E-state index contributed by atoms with van der Waals surface area (Å²) in [6.07, 6.45) is 0. The second-order valence-corrected chi connectivity index (χ2v) is 7.35. The van der Waals surface area contributed by atoms with E-state index in [9.17, 15) is 8.42 Å². The molecule has 2 unspecified atom stereocenters.